The van der Waals surface area contributed by atoms with Crippen molar-refractivity contribution in [2.24, 2.45) is 10.2 Å². The number of fused-ring (bicyclic) bond motifs is 1. The second kappa shape index (κ2) is 10.6. The van der Waals surface area contributed by atoms with Gasteiger partial charge in [-0.15, -0.1) is 10.2 Å². The van der Waals surface area contributed by atoms with Crippen molar-refractivity contribution in [2.75, 3.05) is 6.61 Å². The molecule has 0 aliphatic carbocycles. The topological polar surface area (TPSA) is 76.2 Å². The van der Waals surface area contributed by atoms with Crippen LogP contribution in [0.2, 0.25) is 5.02 Å². The van der Waals surface area contributed by atoms with E-state index in [4.69, 9.17) is 16.3 Å². The molecule has 6 nitrogen and oxygen atoms in total. The molecular weight excluding hydrogens is 530 g/mol. The van der Waals surface area contributed by atoms with E-state index >= 15 is 0 Å². The summed E-state index contributed by atoms with van der Waals surface area (Å²) < 4.78 is 8.28. The van der Waals surface area contributed by atoms with Gasteiger partial charge in [0, 0.05) is 14.9 Å². The molecule has 1 amide bonds. The van der Waals surface area contributed by atoms with Crippen molar-refractivity contribution in [3.63, 3.8) is 0 Å². The minimum Gasteiger partial charge on any atom is -0.493 e. The van der Waals surface area contributed by atoms with Crippen molar-refractivity contribution >= 4 is 50.0 Å². The summed E-state index contributed by atoms with van der Waals surface area (Å²) in [5, 5.41) is 20.2. The number of ether oxygens (including phenoxy) is 1. The number of nitrogens with zero attached hydrogens (tertiary/aromatic N) is 3. The lowest BCUT2D eigenvalue weighted by atomic mass is 10.0. The molecule has 1 aromatic heterocycles. The summed E-state index contributed by atoms with van der Waals surface area (Å²) >= 11 is 9.80. The number of aromatic hydroxyl groups is 1. The summed E-state index contributed by atoms with van der Waals surface area (Å²) in [6.07, 6.45) is 0. The number of amides is 1. The number of carbonyl (C=O) groups is 1. The van der Waals surface area contributed by atoms with E-state index < -0.39 is 5.91 Å². The van der Waals surface area contributed by atoms with Crippen LogP contribution in [0.1, 0.15) is 36.5 Å². The smallest absolute Gasteiger partial charge is 0.302 e. The van der Waals surface area contributed by atoms with Gasteiger partial charge < -0.3 is 14.4 Å². The van der Waals surface area contributed by atoms with E-state index in [1.165, 1.54) is 0 Å². The predicted molar refractivity (Wildman–Crippen MR) is 142 cm³/mol. The molecule has 0 fully saturated rings. The van der Waals surface area contributed by atoms with Gasteiger partial charge in [0.05, 0.1) is 12.1 Å². The van der Waals surface area contributed by atoms with E-state index in [2.05, 4.69) is 40.0 Å². The number of aromatic nitrogens is 1. The average Bonchev–Trinajstić information content (AvgIpc) is 3.07. The monoisotopic (exact) mass is 553 g/mol. The fraction of sp³-hybridized carbons (Fsp3) is 0.222. The molecule has 0 bridgehead atoms. The lowest BCUT2D eigenvalue weighted by Crippen LogP contribution is -2.09. The van der Waals surface area contributed by atoms with Gasteiger partial charge >= 0.3 is 5.91 Å². The predicted octanol–water partition coefficient (Wildman–Crippen LogP) is 7.93. The molecule has 180 valence electrons. The number of halogens is 2. The first-order valence-electron chi connectivity index (χ1n) is 11.2. The third-order valence-electron chi connectivity index (χ3n) is 5.66. The summed E-state index contributed by atoms with van der Waals surface area (Å²) in [4.78, 5) is 12.5. The number of rotatable bonds is 7. The Balaban J connectivity index is 1.60. The lowest BCUT2D eigenvalue weighted by Gasteiger charge is -2.13. The Bertz CT molecular complexity index is 1430. The third kappa shape index (κ3) is 5.57. The van der Waals surface area contributed by atoms with Gasteiger partial charge in [-0.25, -0.2) is 0 Å². The van der Waals surface area contributed by atoms with Crippen molar-refractivity contribution < 1.29 is 14.6 Å². The van der Waals surface area contributed by atoms with Crippen molar-refractivity contribution in [1.29, 1.82) is 0 Å². The number of benzene rings is 3. The molecule has 35 heavy (non-hydrogen) atoms. The van der Waals surface area contributed by atoms with Crippen LogP contribution in [-0.2, 0) is 11.3 Å². The molecule has 4 aromatic rings. The fourth-order valence-electron chi connectivity index (χ4n) is 3.87. The van der Waals surface area contributed by atoms with Gasteiger partial charge in [0.25, 0.3) is 0 Å². The first kappa shape index (κ1) is 24.9. The molecule has 0 saturated heterocycles. The Morgan fingerprint density at radius 3 is 2.66 bits per heavy atom. The van der Waals surface area contributed by atoms with Crippen LogP contribution in [0, 0.1) is 6.92 Å². The molecule has 0 aliphatic rings. The molecule has 4 rings (SSSR count). The van der Waals surface area contributed by atoms with Crippen LogP contribution in [0.5, 0.6) is 11.6 Å². The molecule has 0 saturated carbocycles. The molecule has 8 heteroatoms. The molecule has 1 heterocycles. The van der Waals surface area contributed by atoms with Crippen LogP contribution < -0.4 is 4.74 Å². The maximum absolute atomic E-state index is 12.5. The average molecular weight is 555 g/mol. The highest BCUT2D eigenvalue weighted by atomic mass is 79.9. The first-order valence-corrected chi connectivity index (χ1v) is 12.3. The van der Waals surface area contributed by atoms with Crippen molar-refractivity contribution in [3.8, 4) is 11.6 Å². The summed E-state index contributed by atoms with van der Waals surface area (Å²) in [5.74, 6) is 0.257. The number of azo groups is 1. The molecule has 0 aliphatic heterocycles. The van der Waals surface area contributed by atoms with Crippen LogP contribution >= 0.6 is 27.5 Å². The number of carbonyl (C=O) groups excluding carboxylic acids is 1. The number of hydrogen-bond acceptors (Lipinski definition) is 4. The molecule has 0 radical (unpaired) electrons. The van der Waals surface area contributed by atoms with Gasteiger partial charge in [0.15, 0.2) is 12.3 Å². The molecule has 0 spiro atoms. The Morgan fingerprint density at radius 2 is 1.91 bits per heavy atom. The van der Waals surface area contributed by atoms with Gasteiger partial charge in [-0.2, -0.15) is 0 Å². The van der Waals surface area contributed by atoms with E-state index in [-0.39, 0.29) is 24.1 Å². The maximum atomic E-state index is 12.5. The second-order valence-corrected chi connectivity index (χ2v) is 9.91. The highest BCUT2D eigenvalue weighted by Gasteiger charge is 2.19. The van der Waals surface area contributed by atoms with Crippen molar-refractivity contribution in [2.45, 2.75) is 33.2 Å². The largest absolute Gasteiger partial charge is 0.493 e. The van der Waals surface area contributed by atoms with E-state index in [9.17, 15) is 9.90 Å². The third-order valence-corrected chi connectivity index (χ3v) is 6.52. The minimum absolute atomic E-state index is 0.101. The van der Waals surface area contributed by atoms with Crippen molar-refractivity contribution in [1.82, 2.24) is 4.57 Å². The summed E-state index contributed by atoms with van der Waals surface area (Å²) in [5.41, 5.74) is 3.85. The Hall–Kier alpha value is -3.16. The van der Waals surface area contributed by atoms with Gasteiger partial charge in [-0.05, 0) is 59.9 Å². The van der Waals surface area contributed by atoms with Crippen LogP contribution in [0.3, 0.4) is 0 Å². The van der Waals surface area contributed by atoms with Gasteiger partial charge in [-0.3, -0.25) is 4.79 Å². The molecule has 0 atom stereocenters. The Kier molecular flexibility index (Phi) is 7.57. The standard InChI is InChI=1S/C27H25BrClN3O3/c1-16(2)20-10-8-17(3)12-24(20)35-15-25(33)30-31-26-21-13-19(28)9-11-23(21)32(27(26)34)14-18-6-4-5-7-22(18)29/h4-13,16,34H,14-15H2,1-3H3. The van der Waals surface area contributed by atoms with E-state index in [1.807, 2.05) is 61.5 Å². The van der Waals surface area contributed by atoms with Gasteiger partial charge in [-0.1, -0.05) is 71.7 Å². The highest BCUT2D eigenvalue weighted by molar-refractivity contribution is 9.10. The summed E-state index contributed by atoms with van der Waals surface area (Å²) in [6, 6.07) is 18.9. The zero-order chi connectivity index (χ0) is 25.1. The van der Waals surface area contributed by atoms with E-state index in [0.29, 0.717) is 22.7 Å². The SMILES string of the molecule is Cc1ccc(C(C)C)c(OCC(=O)N=Nc2c(O)n(Cc3ccccc3Cl)c3ccc(Br)cc23)c1. The fourth-order valence-corrected chi connectivity index (χ4v) is 4.43. The molecule has 1 N–H and O–H groups in total. The first-order chi connectivity index (χ1) is 16.7. The molecule has 0 unspecified atom stereocenters. The van der Waals surface area contributed by atoms with Crippen LogP contribution in [0.25, 0.3) is 10.9 Å². The van der Waals surface area contributed by atoms with E-state index in [0.717, 1.165) is 26.7 Å². The van der Waals surface area contributed by atoms with Crippen LogP contribution in [0.15, 0.2) is 75.4 Å². The quantitative estimate of drug-likeness (QED) is 0.236. The minimum atomic E-state index is -0.553. The Labute approximate surface area is 217 Å². The molecule has 3 aromatic carbocycles. The Morgan fingerprint density at radius 1 is 1.14 bits per heavy atom. The number of hydrogen-bond donors (Lipinski definition) is 1. The number of aryl methyl sites for hydroxylation is 1. The maximum Gasteiger partial charge on any atom is 0.302 e. The normalized spacial score (nSPS) is 11.6. The molecular formula is C27H25BrClN3O3. The zero-order valence-electron chi connectivity index (χ0n) is 19.6. The van der Waals surface area contributed by atoms with Crippen LogP contribution in [-0.4, -0.2) is 22.2 Å². The van der Waals surface area contributed by atoms with Gasteiger partial charge in [0.2, 0.25) is 5.88 Å². The second-order valence-electron chi connectivity index (χ2n) is 8.59. The van der Waals surface area contributed by atoms with Crippen molar-refractivity contribution in [3.05, 3.63) is 86.8 Å². The van der Waals surface area contributed by atoms with Gasteiger partial charge in [0.1, 0.15) is 5.75 Å². The summed E-state index contributed by atoms with van der Waals surface area (Å²) in [7, 11) is 0. The van der Waals surface area contributed by atoms with Crippen LogP contribution in [0.4, 0.5) is 5.69 Å². The summed E-state index contributed by atoms with van der Waals surface area (Å²) in [6.45, 7) is 6.19. The lowest BCUT2D eigenvalue weighted by molar-refractivity contribution is -0.120. The van der Waals surface area contributed by atoms with E-state index in [1.54, 1.807) is 10.6 Å². The zero-order valence-corrected chi connectivity index (χ0v) is 22.0. The highest BCUT2D eigenvalue weighted by Crippen LogP contribution is 2.41.